The van der Waals surface area contributed by atoms with Gasteiger partial charge in [-0.1, -0.05) is 58.7 Å². The lowest BCUT2D eigenvalue weighted by Crippen LogP contribution is -2.12. The van der Waals surface area contributed by atoms with Crippen LogP contribution in [0.3, 0.4) is 0 Å². The number of benzene rings is 2. The van der Waals surface area contributed by atoms with Gasteiger partial charge in [0.25, 0.3) is 5.91 Å². The maximum atomic E-state index is 12.2. The monoisotopic (exact) mass is 483 g/mol. The summed E-state index contributed by atoms with van der Waals surface area (Å²) >= 11 is 12.8. The highest BCUT2D eigenvalue weighted by molar-refractivity contribution is 6.39. The van der Waals surface area contributed by atoms with E-state index in [2.05, 4.69) is 10.1 Å². The molecule has 0 radical (unpaired) electrons. The fourth-order valence-electron chi connectivity index (χ4n) is 3.54. The van der Waals surface area contributed by atoms with Gasteiger partial charge in [-0.2, -0.15) is 0 Å². The number of aromatic nitrogens is 1. The number of hydrogen-bond donors (Lipinski definition) is 1. The van der Waals surface area contributed by atoms with Gasteiger partial charge in [0.15, 0.2) is 17.1 Å². The van der Waals surface area contributed by atoms with E-state index < -0.39 is 5.91 Å². The molecule has 0 bridgehead atoms. The first-order valence-electron chi connectivity index (χ1n) is 9.90. The smallest absolute Gasteiger partial charge is 0.284 e. The Balaban J connectivity index is 1.78. The van der Waals surface area contributed by atoms with E-state index in [0.717, 1.165) is 5.56 Å². The number of nitrogens with zero attached hydrogens (tertiary/aromatic N) is 2. The van der Waals surface area contributed by atoms with Gasteiger partial charge in [0, 0.05) is 41.5 Å². The Morgan fingerprint density at radius 2 is 1.88 bits per heavy atom. The van der Waals surface area contributed by atoms with Crippen LogP contribution >= 0.6 is 23.2 Å². The molecule has 2 aromatic heterocycles. The molecule has 168 valence electrons. The molecule has 9 heteroatoms. The SMILES string of the molecule is COc1ccc(-c2c(Cl)cncc2Cl)c2c(CC=NOCc3ccccc3)c(C(N)=O)oc12. The largest absolute Gasteiger partial charge is 0.493 e. The highest BCUT2D eigenvalue weighted by Crippen LogP contribution is 2.44. The number of carbonyl (C=O) groups excluding carboxylic acids is 1. The van der Waals surface area contributed by atoms with Gasteiger partial charge in [-0.05, 0) is 23.3 Å². The number of oxime groups is 1. The molecule has 1 amide bonds. The minimum absolute atomic E-state index is 0.00781. The summed E-state index contributed by atoms with van der Waals surface area (Å²) < 4.78 is 11.3. The highest BCUT2D eigenvalue weighted by Gasteiger charge is 2.25. The zero-order chi connectivity index (χ0) is 23.4. The first kappa shape index (κ1) is 22.6. The zero-order valence-electron chi connectivity index (χ0n) is 17.5. The van der Waals surface area contributed by atoms with Crippen molar-refractivity contribution < 1.29 is 18.8 Å². The molecule has 7 nitrogen and oxygen atoms in total. The number of primary amides is 1. The lowest BCUT2D eigenvalue weighted by atomic mass is 9.97. The van der Waals surface area contributed by atoms with E-state index in [0.29, 0.717) is 50.1 Å². The number of nitrogens with two attached hydrogens (primary N) is 1. The molecular formula is C24H19Cl2N3O4. The van der Waals surface area contributed by atoms with E-state index >= 15 is 0 Å². The van der Waals surface area contributed by atoms with E-state index in [4.69, 9.17) is 42.9 Å². The number of furan rings is 1. The van der Waals surface area contributed by atoms with Crippen LogP contribution in [0.5, 0.6) is 5.75 Å². The van der Waals surface area contributed by atoms with Crippen LogP contribution in [0.4, 0.5) is 0 Å². The van der Waals surface area contributed by atoms with Gasteiger partial charge in [-0.15, -0.1) is 0 Å². The third-order valence-corrected chi connectivity index (χ3v) is 5.56. The summed E-state index contributed by atoms with van der Waals surface area (Å²) in [7, 11) is 1.51. The van der Waals surface area contributed by atoms with Crippen molar-refractivity contribution in [1.29, 1.82) is 0 Å². The fourth-order valence-corrected chi connectivity index (χ4v) is 4.11. The van der Waals surface area contributed by atoms with E-state index in [-0.39, 0.29) is 12.2 Å². The van der Waals surface area contributed by atoms with Crippen LogP contribution < -0.4 is 10.5 Å². The molecule has 0 spiro atoms. The molecular weight excluding hydrogens is 465 g/mol. The molecule has 2 N–H and O–H groups in total. The van der Waals surface area contributed by atoms with Crippen molar-refractivity contribution in [3.05, 3.63) is 81.8 Å². The van der Waals surface area contributed by atoms with Crippen molar-refractivity contribution in [2.75, 3.05) is 7.11 Å². The Labute approximate surface area is 199 Å². The van der Waals surface area contributed by atoms with Crippen molar-refractivity contribution in [2.24, 2.45) is 10.9 Å². The average Bonchev–Trinajstić information content (AvgIpc) is 3.20. The molecule has 0 saturated heterocycles. The molecule has 0 saturated carbocycles. The number of pyridine rings is 1. The van der Waals surface area contributed by atoms with Gasteiger partial charge in [-0.25, -0.2) is 0 Å². The van der Waals surface area contributed by atoms with Gasteiger partial charge >= 0.3 is 0 Å². The lowest BCUT2D eigenvalue weighted by molar-refractivity contribution is 0.0975. The van der Waals surface area contributed by atoms with Crippen LogP contribution in [-0.2, 0) is 17.9 Å². The Morgan fingerprint density at radius 1 is 1.15 bits per heavy atom. The van der Waals surface area contributed by atoms with Crippen LogP contribution in [0.1, 0.15) is 21.7 Å². The Kier molecular flexibility index (Phi) is 6.82. The molecule has 4 aromatic rings. The maximum Gasteiger partial charge on any atom is 0.284 e. The van der Waals surface area contributed by atoms with Crippen molar-refractivity contribution in [3.63, 3.8) is 0 Å². The first-order chi connectivity index (χ1) is 16.0. The van der Waals surface area contributed by atoms with Gasteiger partial charge in [0.2, 0.25) is 0 Å². The number of ether oxygens (including phenoxy) is 1. The molecule has 4 rings (SSSR count). The second-order valence-electron chi connectivity index (χ2n) is 7.02. The predicted octanol–water partition coefficient (Wildman–Crippen LogP) is 5.65. The molecule has 0 fully saturated rings. The van der Waals surface area contributed by atoms with Crippen molar-refractivity contribution >= 4 is 46.3 Å². The van der Waals surface area contributed by atoms with Crippen LogP contribution in [0.2, 0.25) is 10.0 Å². The third-order valence-electron chi connectivity index (χ3n) is 4.99. The number of methoxy groups -OCH3 is 1. The summed E-state index contributed by atoms with van der Waals surface area (Å²) in [5, 5.41) is 5.30. The lowest BCUT2D eigenvalue weighted by Gasteiger charge is -2.11. The average molecular weight is 484 g/mol. The number of fused-ring (bicyclic) bond motifs is 1. The minimum atomic E-state index is -0.722. The molecule has 0 unspecified atom stereocenters. The number of hydrogen-bond acceptors (Lipinski definition) is 6. The van der Waals surface area contributed by atoms with Crippen LogP contribution in [0.25, 0.3) is 22.1 Å². The van der Waals surface area contributed by atoms with Gasteiger partial charge in [0.1, 0.15) is 6.61 Å². The molecule has 33 heavy (non-hydrogen) atoms. The van der Waals surface area contributed by atoms with Gasteiger partial charge in [0.05, 0.1) is 17.2 Å². The predicted molar refractivity (Wildman–Crippen MR) is 128 cm³/mol. The highest BCUT2D eigenvalue weighted by atomic mass is 35.5. The second-order valence-corrected chi connectivity index (χ2v) is 7.84. The van der Waals surface area contributed by atoms with Crippen LogP contribution in [0, 0.1) is 0 Å². The third kappa shape index (κ3) is 4.65. The quantitative estimate of drug-likeness (QED) is 0.257. The normalized spacial score (nSPS) is 11.2. The summed E-state index contributed by atoms with van der Waals surface area (Å²) in [6.07, 6.45) is 4.73. The molecule has 2 aromatic carbocycles. The van der Waals surface area contributed by atoms with Gasteiger partial charge < -0.3 is 19.7 Å². The van der Waals surface area contributed by atoms with Crippen LogP contribution in [-0.4, -0.2) is 24.2 Å². The number of halogens is 2. The summed E-state index contributed by atoms with van der Waals surface area (Å²) in [5.74, 6) is -0.299. The van der Waals surface area contributed by atoms with E-state index in [1.165, 1.54) is 19.5 Å². The maximum absolute atomic E-state index is 12.2. The Bertz CT molecular complexity index is 1320. The first-order valence-corrected chi connectivity index (χ1v) is 10.7. The topological polar surface area (TPSA) is 99.9 Å². The standard InChI is InChI=1S/C24H19Cl2N3O4/c1-31-19-8-7-15(21-17(25)11-28-12-18(21)26)20-16(22(24(27)30)33-23(19)20)9-10-29-32-13-14-5-3-2-4-6-14/h2-8,10-12H,9,13H2,1H3,(H2,27,30). The van der Waals surface area contributed by atoms with Crippen LogP contribution in [0.15, 0.2) is 64.4 Å². The summed E-state index contributed by atoms with van der Waals surface area (Å²) in [6.45, 7) is 0.313. The van der Waals surface area contributed by atoms with Crippen molar-refractivity contribution in [2.45, 2.75) is 13.0 Å². The van der Waals surface area contributed by atoms with E-state index in [9.17, 15) is 4.79 Å². The van der Waals surface area contributed by atoms with Crippen molar-refractivity contribution in [3.8, 4) is 16.9 Å². The van der Waals surface area contributed by atoms with E-state index in [1.54, 1.807) is 18.3 Å². The van der Waals surface area contributed by atoms with Crippen molar-refractivity contribution in [1.82, 2.24) is 4.98 Å². The van der Waals surface area contributed by atoms with Gasteiger partial charge in [-0.3, -0.25) is 9.78 Å². The Hall–Kier alpha value is -3.55. The molecule has 0 aliphatic heterocycles. The molecule has 0 atom stereocenters. The Morgan fingerprint density at radius 3 is 2.55 bits per heavy atom. The number of rotatable bonds is 8. The second kappa shape index (κ2) is 9.94. The zero-order valence-corrected chi connectivity index (χ0v) is 19.1. The molecule has 0 aliphatic carbocycles. The number of amides is 1. The molecule has 2 heterocycles. The fraction of sp³-hybridized carbons (Fsp3) is 0.125. The molecule has 0 aliphatic rings. The summed E-state index contributed by atoms with van der Waals surface area (Å²) in [6, 6.07) is 13.1. The van der Waals surface area contributed by atoms with E-state index in [1.807, 2.05) is 30.3 Å². The summed E-state index contributed by atoms with van der Waals surface area (Å²) in [4.78, 5) is 21.6. The number of carbonyl (C=O) groups is 1. The summed E-state index contributed by atoms with van der Waals surface area (Å²) in [5.41, 5.74) is 8.66. The minimum Gasteiger partial charge on any atom is -0.493 e.